The molecule has 3 rings (SSSR count). The predicted molar refractivity (Wildman–Crippen MR) is 87.3 cm³/mol. The molecule has 0 bridgehead atoms. The number of aliphatic hydroxyl groups excluding tert-OH is 1. The van der Waals surface area contributed by atoms with E-state index in [1.807, 2.05) is 42.5 Å². The molecule has 1 aliphatic heterocycles. The molecule has 1 aromatic carbocycles. The number of likely N-dealkylation sites (N-methyl/N-ethyl adjacent to an activating group) is 1. The van der Waals surface area contributed by atoms with Gasteiger partial charge < -0.3 is 10.0 Å². The number of nitrogens with zero attached hydrogens (tertiary/aromatic N) is 1. The van der Waals surface area contributed by atoms with E-state index < -0.39 is 6.10 Å². The Labute approximate surface area is 136 Å². The molecule has 0 unspecified atom stereocenters. The number of hydrogen-bond donors (Lipinski definition) is 1. The highest BCUT2D eigenvalue weighted by Crippen LogP contribution is 2.41. The quantitative estimate of drug-likeness (QED) is 0.903. The van der Waals surface area contributed by atoms with Crippen LogP contribution < -0.4 is 0 Å². The first kappa shape index (κ1) is 14.8. The van der Waals surface area contributed by atoms with Crippen molar-refractivity contribution in [3.8, 4) is 0 Å². The second kappa shape index (κ2) is 5.91. The van der Waals surface area contributed by atoms with E-state index in [9.17, 15) is 9.90 Å². The summed E-state index contributed by atoms with van der Waals surface area (Å²) >= 11 is 4.93. The molecule has 0 radical (unpaired) electrons. The summed E-state index contributed by atoms with van der Waals surface area (Å²) in [4.78, 5) is 14.7. The Bertz CT molecular complexity index is 643. The molecular formula is C16H16BrNO2S. The van der Waals surface area contributed by atoms with E-state index in [0.717, 1.165) is 14.2 Å². The topological polar surface area (TPSA) is 40.5 Å². The van der Waals surface area contributed by atoms with Crippen LogP contribution in [0.15, 0.2) is 46.3 Å². The van der Waals surface area contributed by atoms with Gasteiger partial charge in [0, 0.05) is 24.3 Å². The van der Waals surface area contributed by atoms with Gasteiger partial charge in [-0.05, 0) is 33.6 Å². The number of rotatable bonds is 3. The predicted octanol–water partition coefficient (Wildman–Crippen LogP) is 3.56. The third-order valence-corrected chi connectivity index (χ3v) is 5.78. The van der Waals surface area contributed by atoms with Crippen molar-refractivity contribution in [2.75, 3.05) is 7.05 Å². The van der Waals surface area contributed by atoms with Crippen molar-refractivity contribution in [3.63, 3.8) is 0 Å². The van der Waals surface area contributed by atoms with Crippen LogP contribution in [0.4, 0.5) is 0 Å². The second-order valence-electron chi connectivity index (χ2n) is 5.30. The summed E-state index contributed by atoms with van der Waals surface area (Å²) in [6.07, 6.45) is -0.211. The zero-order valence-corrected chi connectivity index (χ0v) is 14.0. The molecule has 1 fully saturated rings. The number of hydrogen-bond acceptors (Lipinski definition) is 3. The van der Waals surface area contributed by atoms with Crippen molar-refractivity contribution in [2.24, 2.45) is 0 Å². The third kappa shape index (κ3) is 2.78. The summed E-state index contributed by atoms with van der Waals surface area (Å²) < 4.78 is 0.986. The minimum absolute atomic E-state index is 0.0274. The van der Waals surface area contributed by atoms with Gasteiger partial charge in [-0.25, -0.2) is 0 Å². The Hall–Kier alpha value is -1.17. The smallest absolute Gasteiger partial charge is 0.223 e. The van der Waals surface area contributed by atoms with Crippen molar-refractivity contribution < 1.29 is 9.90 Å². The Balaban J connectivity index is 1.94. The molecule has 0 spiro atoms. The molecule has 1 amide bonds. The Morgan fingerprint density at radius 3 is 2.62 bits per heavy atom. The van der Waals surface area contributed by atoms with Crippen LogP contribution in [0.5, 0.6) is 0 Å². The highest BCUT2D eigenvalue weighted by molar-refractivity contribution is 9.11. The first-order valence-electron chi connectivity index (χ1n) is 6.82. The van der Waals surface area contributed by atoms with Crippen LogP contribution in [-0.2, 0) is 4.79 Å². The van der Waals surface area contributed by atoms with Crippen molar-refractivity contribution in [1.29, 1.82) is 0 Å². The molecule has 0 aliphatic carbocycles. The lowest BCUT2D eigenvalue weighted by atomic mass is 9.88. The van der Waals surface area contributed by atoms with E-state index in [1.54, 1.807) is 11.9 Å². The van der Waals surface area contributed by atoms with Crippen LogP contribution in [-0.4, -0.2) is 29.0 Å². The Morgan fingerprint density at radius 2 is 2.00 bits per heavy atom. The van der Waals surface area contributed by atoms with Crippen molar-refractivity contribution >= 4 is 33.2 Å². The number of benzene rings is 1. The summed E-state index contributed by atoms with van der Waals surface area (Å²) in [5.74, 6) is 0.114. The molecule has 1 aromatic heterocycles. The standard InChI is InChI=1S/C16H16BrNO2S/c1-18-14(19)9-11(10-5-3-2-4-6-10)15(18)16(20)12-7-8-13(17)21-12/h2-8,11,15-16,20H,9H2,1H3/t11-,15-,16+/m1/s1. The van der Waals surface area contributed by atoms with Gasteiger partial charge in [0.05, 0.1) is 9.83 Å². The van der Waals surface area contributed by atoms with Crippen LogP contribution in [0.2, 0.25) is 0 Å². The molecule has 0 saturated carbocycles. The number of likely N-dealkylation sites (tertiary alicyclic amines) is 1. The van der Waals surface area contributed by atoms with Gasteiger partial charge >= 0.3 is 0 Å². The molecule has 1 saturated heterocycles. The second-order valence-corrected chi connectivity index (χ2v) is 7.80. The number of amides is 1. The lowest BCUT2D eigenvalue weighted by molar-refractivity contribution is -0.128. The van der Waals surface area contributed by atoms with Gasteiger partial charge in [-0.1, -0.05) is 30.3 Å². The van der Waals surface area contributed by atoms with Crippen LogP contribution in [0.25, 0.3) is 0 Å². The van der Waals surface area contributed by atoms with Gasteiger partial charge in [0.25, 0.3) is 0 Å². The highest BCUT2D eigenvalue weighted by Gasteiger charge is 2.43. The van der Waals surface area contributed by atoms with Crippen LogP contribution in [0.1, 0.15) is 28.9 Å². The molecule has 2 aromatic rings. The molecule has 5 heteroatoms. The SMILES string of the molecule is CN1C(=O)C[C@H](c2ccccc2)[C@@H]1[C@@H](O)c1ccc(Br)s1. The van der Waals surface area contributed by atoms with Crippen LogP contribution >= 0.6 is 27.3 Å². The normalized spacial score (nSPS) is 23.6. The van der Waals surface area contributed by atoms with E-state index >= 15 is 0 Å². The Morgan fingerprint density at radius 1 is 1.29 bits per heavy atom. The van der Waals surface area contributed by atoms with Crippen molar-refractivity contribution in [3.05, 3.63) is 56.7 Å². The molecule has 3 atom stereocenters. The minimum atomic E-state index is -0.664. The lowest BCUT2D eigenvalue weighted by Crippen LogP contribution is -2.36. The summed E-state index contributed by atoms with van der Waals surface area (Å²) in [5.41, 5.74) is 1.11. The number of carbonyl (C=O) groups excluding carboxylic acids is 1. The van der Waals surface area contributed by atoms with E-state index in [4.69, 9.17) is 0 Å². The van der Waals surface area contributed by atoms with Gasteiger partial charge in [0.1, 0.15) is 6.10 Å². The van der Waals surface area contributed by atoms with Crippen molar-refractivity contribution in [2.45, 2.75) is 24.5 Å². The molecule has 1 aliphatic rings. The maximum Gasteiger partial charge on any atom is 0.223 e. The summed E-state index contributed by atoms with van der Waals surface area (Å²) in [6, 6.07) is 13.6. The summed E-state index contributed by atoms with van der Waals surface area (Å²) in [7, 11) is 1.78. The number of halogens is 1. The fourth-order valence-corrected chi connectivity index (χ4v) is 4.44. The van der Waals surface area contributed by atoms with Crippen LogP contribution in [0.3, 0.4) is 0 Å². The monoisotopic (exact) mass is 365 g/mol. The highest BCUT2D eigenvalue weighted by atomic mass is 79.9. The zero-order valence-electron chi connectivity index (χ0n) is 11.6. The van der Waals surface area contributed by atoms with Gasteiger partial charge in [0.15, 0.2) is 0 Å². The molecule has 110 valence electrons. The fraction of sp³-hybridized carbons (Fsp3) is 0.312. The number of carbonyl (C=O) groups is 1. The average Bonchev–Trinajstić information content (AvgIpc) is 3.04. The lowest BCUT2D eigenvalue weighted by Gasteiger charge is -2.29. The maximum atomic E-state index is 12.1. The summed E-state index contributed by atoms with van der Waals surface area (Å²) in [5, 5.41) is 10.7. The number of thiophene rings is 1. The minimum Gasteiger partial charge on any atom is -0.385 e. The number of aliphatic hydroxyl groups is 1. The largest absolute Gasteiger partial charge is 0.385 e. The fourth-order valence-electron chi connectivity index (χ4n) is 2.99. The van der Waals surface area contributed by atoms with Gasteiger partial charge in [-0.15, -0.1) is 11.3 Å². The van der Waals surface area contributed by atoms with E-state index in [2.05, 4.69) is 15.9 Å². The van der Waals surface area contributed by atoms with Crippen LogP contribution in [0, 0.1) is 0 Å². The van der Waals surface area contributed by atoms with Gasteiger partial charge in [-0.2, -0.15) is 0 Å². The first-order chi connectivity index (χ1) is 10.1. The molecular weight excluding hydrogens is 350 g/mol. The first-order valence-corrected chi connectivity index (χ1v) is 8.43. The van der Waals surface area contributed by atoms with Gasteiger partial charge in [0.2, 0.25) is 5.91 Å². The average molecular weight is 366 g/mol. The van der Waals surface area contributed by atoms with E-state index in [-0.39, 0.29) is 17.9 Å². The van der Waals surface area contributed by atoms with Gasteiger partial charge in [-0.3, -0.25) is 4.79 Å². The third-order valence-electron chi connectivity index (χ3n) is 4.08. The Kier molecular flexibility index (Phi) is 4.15. The van der Waals surface area contributed by atoms with E-state index in [0.29, 0.717) is 6.42 Å². The molecule has 2 heterocycles. The molecule has 21 heavy (non-hydrogen) atoms. The maximum absolute atomic E-state index is 12.1. The molecule has 3 nitrogen and oxygen atoms in total. The molecule has 1 N–H and O–H groups in total. The summed E-state index contributed by atoms with van der Waals surface area (Å²) in [6.45, 7) is 0. The zero-order chi connectivity index (χ0) is 15.0. The van der Waals surface area contributed by atoms with E-state index in [1.165, 1.54) is 11.3 Å². The van der Waals surface area contributed by atoms with Crippen molar-refractivity contribution in [1.82, 2.24) is 4.90 Å².